The molecule has 0 amide bonds. The van der Waals surface area contributed by atoms with Crippen LogP contribution in [0.4, 0.5) is 0 Å². The molecule has 1 nitrogen and oxygen atoms in total. The molecule has 1 fully saturated rings. The normalized spacial score (nSPS) is 25.6. The van der Waals surface area contributed by atoms with Crippen LogP contribution in [0.15, 0.2) is 24.3 Å². The quantitative estimate of drug-likeness (QED) is 0.846. The summed E-state index contributed by atoms with van der Waals surface area (Å²) in [7, 11) is 0. The molecule has 1 aliphatic rings. The molecule has 2 atom stereocenters. The molecule has 0 bridgehead atoms. The molecule has 1 aromatic rings. The van der Waals surface area contributed by atoms with Crippen LogP contribution in [0.5, 0.6) is 0 Å². The van der Waals surface area contributed by atoms with Gasteiger partial charge in [0.15, 0.2) is 0 Å². The van der Waals surface area contributed by atoms with Gasteiger partial charge in [-0.25, -0.2) is 0 Å². The molecule has 0 saturated carbocycles. The highest BCUT2D eigenvalue weighted by Gasteiger charge is 2.20. The Bertz CT molecular complexity index is 337. The maximum absolute atomic E-state index is 6.00. The summed E-state index contributed by atoms with van der Waals surface area (Å²) in [5.74, 6) is 0.908. The average molecular weight is 238 g/mol. The van der Waals surface area contributed by atoms with Crippen LogP contribution < -0.4 is 5.32 Å². The fourth-order valence-corrected chi connectivity index (χ4v) is 2.78. The predicted molar refractivity (Wildman–Crippen MR) is 70.0 cm³/mol. The van der Waals surface area contributed by atoms with E-state index in [1.165, 1.54) is 31.4 Å². The lowest BCUT2D eigenvalue weighted by Crippen LogP contribution is -2.39. The summed E-state index contributed by atoms with van der Waals surface area (Å²) in [5, 5.41) is 4.46. The first-order chi connectivity index (χ1) is 7.78. The van der Waals surface area contributed by atoms with Gasteiger partial charge >= 0.3 is 0 Å². The molecule has 1 saturated heterocycles. The maximum atomic E-state index is 6.00. The minimum atomic E-state index is 0.636. The van der Waals surface area contributed by atoms with Crippen LogP contribution in [-0.2, 0) is 6.42 Å². The molecule has 2 heteroatoms. The Balaban J connectivity index is 1.94. The Morgan fingerprint density at radius 2 is 2.31 bits per heavy atom. The Morgan fingerprint density at radius 3 is 3.06 bits per heavy atom. The number of rotatable bonds is 3. The van der Waals surface area contributed by atoms with E-state index in [1.807, 2.05) is 12.1 Å². The SMILES string of the molecule is CCC1CCNC(Cc2cccc(Cl)c2)C1. The molecule has 0 aliphatic carbocycles. The van der Waals surface area contributed by atoms with Crippen molar-refractivity contribution in [3.8, 4) is 0 Å². The molecular weight excluding hydrogens is 218 g/mol. The molecule has 2 unspecified atom stereocenters. The van der Waals surface area contributed by atoms with E-state index >= 15 is 0 Å². The van der Waals surface area contributed by atoms with Crippen molar-refractivity contribution >= 4 is 11.6 Å². The summed E-state index contributed by atoms with van der Waals surface area (Å²) in [5.41, 5.74) is 1.35. The van der Waals surface area contributed by atoms with Crippen LogP contribution in [0.1, 0.15) is 31.7 Å². The predicted octanol–water partition coefficient (Wildman–Crippen LogP) is 3.66. The van der Waals surface area contributed by atoms with Crippen molar-refractivity contribution < 1.29 is 0 Å². The van der Waals surface area contributed by atoms with E-state index in [1.54, 1.807) is 0 Å². The lowest BCUT2D eigenvalue weighted by atomic mass is 9.88. The second-order valence-electron chi connectivity index (χ2n) is 4.78. The summed E-state index contributed by atoms with van der Waals surface area (Å²) in [6, 6.07) is 8.87. The number of hydrogen-bond acceptors (Lipinski definition) is 1. The van der Waals surface area contributed by atoms with E-state index in [-0.39, 0.29) is 0 Å². The second kappa shape index (κ2) is 5.70. The van der Waals surface area contributed by atoms with Gasteiger partial charge in [0.25, 0.3) is 0 Å². The molecule has 1 N–H and O–H groups in total. The summed E-state index contributed by atoms with van der Waals surface area (Å²) in [6.07, 6.45) is 5.07. The smallest absolute Gasteiger partial charge is 0.0408 e. The molecule has 0 aromatic heterocycles. The van der Waals surface area contributed by atoms with E-state index in [4.69, 9.17) is 11.6 Å². The van der Waals surface area contributed by atoms with Crippen LogP contribution in [-0.4, -0.2) is 12.6 Å². The van der Waals surface area contributed by atoms with Gasteiger partial charge in [-0.2, -0.15) is 0 Å². The van der Waals surface area contributed by atoms with Gasteiger partial charge in [-0.05, 0) is 49.4 Å². The van der Waals surface area contributed by atoms with Gasteiger partial charge in [-0.3, -0.25) is 0 Å². The lowest BCUT2D eigenvalue weighted by molar-refractivity contribution is 0.294. The Morgan fingerprint density at radius 1 is 1.44 bits per heavy atom. The zero-order valence-electron chi connectivity index (χ0n) is 9.88. The molecule has 0 spiro atoms. The highest BCUT2D eigenvalue weighted by molar-refractivity contribution is 6.30. The van der Waals surface area contributed by atoms with Crippen molar-refractivity contribution in [1.29, 1.82) is 0 Å². The second-order valence-corrected chi connectivity index (χ2v) is 5.22. The molecule has 1 aromatic carbocycles. The third-order valence-electron chi connectivity index (χ3n) is 3.55. The first-order valence-corrected chi connectivity index (χ1v) is 6.63. The van der Waals surface area contributed by atoms with E-state index < -0.39 is 0 Å². The van der Waals surface area contributed by atoms with Gasteiger partial charge < -0.3 is 5.32 Å². The molecular formula is C14H20ClN. The van der Waals surface area contributed by atoms with Crippen molar-refractivity contribution in [2.45, 2.75) is 38.6 Å². The van der Waals surface area contributed by atoms with Gasteiger partial charge in [0.1, 0.15) is 0 Å². The fraction of sp³-hybridized carbons (Fsp3) is 0.571. The topological polar surface area (TPSA) is 12.0 Å². The molecule has 2 rings (SSSR count). The fourth-order valence-electron chi connectivity index (χ4n) is 2.57. The van der Waals surface area contributed by atoms with E-state index in [0.717, 1.165) is 17.4 Å². The molecule has 16 heavy (non-hydrogen) atoms. The Labute approximate surface area is 103 Å². The zero-order valence-corrected chi connectivity index (χ0v) is 10.6. The van der Waals surface area contributed by atoms with Crippen LogP contribution in [0.3, 0.4) is 0 Å². The third-order valence-corrected chi connectivity index (χ3v) is 3.79. The monoisotopic (exact) mass is 237 g/mol. The minimum absolute atomic E-state index is 0.636. The highest BCUT2D eigenvalue weighted by atomic mass is 35.5. The molecule has 0 radical (unpaired) electrons. The van der Waals surface area contributed by atoms with Gasteiger partial charge in [0, 0.05) is 11.1 Å². The number of benzene rings is 1. The van der Waals surface area contributed by atoms with Gasteiger partial charge in [0.05, 0.1) is 0 Å². The standard InChI is InChI=1S/C14H20ClN/c1-2-11-6-7-16-14(9-11)10-12-4-3-5-13(15)8-12/h3-5,8,11,14,16H,2,6-7,9-10H2,1H3. The van der Waals surface area contributed by atoms with Gasteiger partial charge in [0.2, 0.25) is 0 Å². The summed E-state index contributed by atoms with van der Waals surface area (Å²) in [6.45, 7) is 3.47. The minimum Gasteiger partial charge on any atom is -0.314 e. The first-order valence-electron chi connectivity index (χ1n) is 6.25. The summed E-state index contributed by atoms with van der Waals surface area (Å²) in [4.78, 5) is 0. The van der Waals surface area contributed by atoms with Crippen LogP contribution >= 0.6 is 11.6 Å². The third kappa shape index (κ3) is 3.23. The van der Waals surface area contributed by atoms with Crippen molar-refractivity contribution in [3.63, 3.8) is 0 Å². The highest BCUT2D eigenvalue weighted by Crippen LogP contribution is 2.22. The van der Waals surface area contributed by atoms with Crippen LogP contribution in [0, 0.1) is 5.92 Å². The van der Waals surface area contributed by atoms with Crippen LogP contribution in [0.2, 0.25) is 5.02 Å². The van der Waals surface area contributed by atoms with E-state index in [2.05, 4.69) is 24.4 Å². The Kier molecular flexibility index (Phi) is 4.25. The van der Waals surface area contributed by atoms with Crippen molar-refractivity contribution in [1.82, 2.24) is 5.32 Å². The van der Waals surface area contributed by atoms with Crippen molar-refractivity contribution in [3.05, 3.63) is 34.9 Å². The number of nitrogens with one attached hydrogen (secondary N) is 1. The summed E-state index contributed by atoms with van der Waals surface area (Å²) < 4.78 is 0. The van der Waals surface area contributed by atoms with Gasteiger partial charge in [-0.15, -0.1) is 0 Å². The van der Waals surface area contributed by atoms with Crippen molar-refractivity contribution in [2.24, 2.45) is 5.92 Å². The largest absolute Gasteiger partial charge is 0.314 e. The average Bonchev–Trinajstić information content (AvgIpc) is 2.29. The molecule has 1 heterocycles. The first kappa shape index (κ1) is 11.9. The summed E-state index contributed by atoms with van der Waals surface area (Å²) >= 11 is 6.00. The van der Waals surface area contributed by atoms with Crippen molar-refractivity contribution in [2.75, 3.05) is 6.54 Å². The number of hydrogen-bond donors (Lipinski definition) is 1. The van der Waals surface area contributed by atoms with E-state index in [9.17, 15) is 0 Å². The maximum Gasteiger partial charge on any atom is 0.0408 e. The Hall–Kier alpha value is -0.530. The number of piperidine rings is 1. The van der Waals surface area contributed by atoms with Gasteiger partial charge in [-0.1, -0.05) is 37.1 Å². The zero-order chi connectivity index (χ0) is 11.4. The van der Waals surface area contributed by atoms with Crippen LogP contribution in [0.25, 0.3) is 0 Å². The molecule has 1 aliphatic heterocycles. The van der Waals surface area contributed by atoms with E-state index in [0.29, 0.717) is 6.04 Å². The lowest BCUT2D eigenvalue weighted by Gasteiger charge is -2.29. The number of halogens is 1. The molecule has 88 valence electrons.